The lowest BCUT2D eigenvalue weighted by molar-refractivity contribution is 0.0976. The molecule has 1 amide bonds. The largest absolute Gasteiger partial charge is 0.370 e. The molecule has 7 nitrogen and oxygen atoms in total. The van der Waals surface area contributed by atoms with Crippen LogP contribution in [0.25, 0.3) is 0 Å². The molecular weight excluding hydrogens is 372 g/mol. The smallest absolute Gasteiger partial charge is 0.257 e. The molecule has 2 aromatic rings. The standard InChI is InChI=1S/C14H13ClN4O3S2/c15-9-2-4-10(5-3-9)23-11-6-1-8(13(20)19-14(16)17)7-12(11)24(18,21)22/h1-7H,(H2,18,21,22)(H4,16,17,19,20). The van der Waals surface area contributed by atoms with Crippen LogP contribution in [0.1, 0.15) is 10.4 Å². The van der Waals surface area contributed by atoms with Crippen LogP contribution in [0.3, 0.4) is 0 Å². The monoisotopic (exact) mass is 384 g/mol. The molecule has 0 aliphatic carbocycles. The second kappa shape index (κ2) is 7.22. The lowest BCUT2D eigenvalue weighted by Crippen LogP contribution is -2.35. The molecule has 0 aromatic heterocycles. The molecule has 0 heterocycles. The van der Waals surface area contributed by atoms with E-state index in [1.165, 1.54) is 23.9 Å². The lowest BCUT2D eigenvalue weighted by atomic mass is 10.2. The Bertz CT molecular complexity index is 899. The van der Waals surface area contributed by atoms with E-state index in [1.807, 2.05) is 0 Å². The van der Waals surface area contributed by atoms with Crippen molar-refractivity contribution in [2.45, 2.75) is 14.7 Å². The average molecular weight is 385 g/mol. The Balaban J connectivity index is 2.43. The van der Waals surface area contributed by atoms with Crippen LogP contribution in [0.2, 0.25) is 5.02 Å². The number of sulfonamides is 1. The maximum Gasteiger partial charge on any atom is 0.257 e. The van der Waals surface area contributed by atoms with E-state index in [0.717, 1.165) is 11.0 Å². The van der Waals surface area contributed by atoms with Gasteiger partial charge in [0.1, 0.15) is 0 Å². The molecule has 0 saturated carbocycles. The summed E-state index contributed by atoms with van der Waals surface area (Å²) in [5.74, 6) is -1.24. The van der Waals surface area contributed by atoms with Crippen molar-refractivity contribution in [3.8, 4) is 0 Å². The van der Waals surface area contributed by atoms with Crippen LogP contribution in [0.4, 0.5) is 0 Å². The average Bonchev–Trinajstić information content (AvgIpc) is 2.48. The summed E-state index contributed by atoms with van der Waals surface area (Å²) in [5.41, 5.74) is 5.12. The first-order valence-electron chi connectivity index (χ1n) is 6.42. The van der Waals surface area contributed by atoms with Crippen LogP contribution in [0.15, 0.2) is 57.2 Å². The molecule has 10 heteroatoms. The number of guanidine groups is 1. The van der Waals surface area contributed by atoms with Crippen molar-refractivity contribution in [2.24, 2.45) is 10.9 Å². The third-order valence-electron chi connectivity index (χ3n) is 2.80. The topological polar surface area (TPSA) is 139 Å². The molecule has 0 radical (unpaired) electrons. The van der Waals surface area contributed by atoms with E-state index < -0.39 is 21.9 Å². The summed E-state index contributed by atoms with van der Waals surface area (Å²) in [5, 5.41) is 14.9. The van der Waals surface area contributed by atoms with Crippen LogP contribution in [0, 0.1) is 5.41 Å². The van der Waals surface area contributed by atoms with Gasteiger partial charge in [-0.2, -0.15) is 0 Å². The van der Waals surface area contributed by atoms with Gasteiger partial charge in [-0.1, -0.05) is 23.4 Å². The molecule has 24 heavy (non-hydrogen) atoms. The van der Waals surface area contributed by atoms with Gasteiger partial charge in [-0.05, 0) is 42.5 Å². The first kappa shape index (κ1) is 18.3. The normalized spacial score (nSPS) is 11.1. The number of halogens is 1. The number of hydrogen-bond donors (Lipinski definition) is 4. The van der Waals surface area contributed by atoms with E-state index in [1.54, 1.807) is 24.3 Å². The minimum Gasteiger partial charge on any atom is -0.370 e. The summed E-state index contributed by atoms with van der Waals surface area (Å²) >= 11 is 6.99. The van der Waals surface area contributed by atoms with Crippen molar-refractivity contribution < 1.29 is 13.2 Å². The highest BCUT2D eigenvalue weighted by molar-refractivity contribution is 8.00. The number of amides is 1. The zero-order valence-electron chi connectivity index (χ0n) is 12.1. The maximum absolute atomic E-state index is 11.9. The Morgan fingerprint density at radius 1 is 1.17 bits per heavy atom. The second-order valence-electron chi connectivity index (χ2n) is 4.63. The Labute approximate surface area is 147 Å². The fourth-order valence-electron chi connectivity index (χ4n) is 1.78. The zero-order chi connectivity index (χ0) is 17.9. The lowest BCUT2D eigenvalue weighted by Gasteiger charge is -2.10. The zero-order valence-corrected chi connectivity index (χ0v) is 14.5. The number of hydrogen-bond acceptors (Lipinski definition) is 5. The SMILES string of the molecule is N=C(N)NC(=O)c1ccc(Sc2ccc(Cl)cc2)c(S(N)(=O)=O)c1. The van der Waals surface area contributed by atoms with Gasteiger partial charge in [-0.15, -0.1) is 0 Å². The van der Waals surface area contributed by atoms with Crippen LogP contribution in [-0.2, 0) is 10.0 Å². The number of benzene rings is 2. The summed E-state index contributed by atoms with van der Waals surface area (Å²) in [7, 11) is -4.06. The summed E-state index contributed by atoms with van der Waals surface area (Å²) in [4.78, 5) is 12.8. The Morgan fingerprint density at radius 3 is 2.33 bits per heavy atom. The molecule has 0 bridgehead atoms. The predicted octanol–water partition coefficient (Wildman–Crippen LogP) is 1.76. The van der Waals surface area contributed by atoms with Crippen LogP contribution >= 0.6 is 23.4 Å². The molecule has 2 aromatic carbocycles. The van der Waals surface area contributed by atoms with E-state index in [-0.39, 0.29) is 10.5 Å². The number of carbonyl (C=O) groups is 1. The summed E-state index contributed by atoms with van der Waals surface area (Å²) in [6.07, 6.45) is 0. The summed E-state index contributed by atoms with van der Waals surface area (Å²) < 4.78 is 23.7. The highest BCUT2D eigenvalue weighted by Crippen LogP contribution is 2.33. The maximum atomic E-state index is 11.9. The van der Waals surface area contributed by atoms with Gasteiger partial charge in [-0.25, -0.2) is 13.6 Å². The molecule has 0 fully saturated rings. The summed E-state index contributed by atoms with van der Waals surface area (Å²) in [6.45, 7) is 0. The van der Waals surface area contributed by atoms with E-state index in [9.17, 15) is 13.2 Å². The first-order chi connectivity index (χ1) is 11.2. The van der Waals surface area contributed by atoms with Gasteiger partial charge in [0.05, 0.1) is 4.90 Å². The van der Waals surface area contributed by atoms with E-state index in [4.69, 9.17) is 27.9 Å². The van der Waals surface area contributed by atoms with E-state index in [0.29, 0.717) is 9.92 Å². The van der Waals surface area contributed by atoms with E-state index >= 15 is 0 Å². The van der Waals surface area contributed by atoms with Crippen molar-refractivity contribution in [1.82, 2.24) is 5.32 Å². The second-order valence-corrected chi connectivity index (χ2v) is 7.71. The molecule has 0 spiro atoms. The van der Waals surface area contributed by atoms with Gasteiger partial charge in [0.25, 0.3) is 5.91 Å². The molecule has 0 aliphatic rings. The third-order valence-corrected chi connectivity index (χ3v) is 5.22. The van der Waals surface area contributed by atoms with Gasteiger partial charge in [0.2, 0.25) is 10.0 Å². The third kappa shape index (κ3) is 4.71. The number of rotatable bonds is 4. The molecule has 126 valence electrons. The molecule has 0 aliphatic heterocycles. The fraction of sp³-hybridized carbons (Fsp3) is 0. The van der Waals surface area contributed by atoms with Crippen molar-refractivity contribution in [1.29, 1.82) is 5.41 Å². The van der Waals surface area contributed by atoms with Crippen molar-refractivity contribution >= 4 is 45.3 Å². The molecule has 0 atom stereocenters. The van der Waals surface area contributed by atoms with Gasteiger partial charge in [-0.3, -0.25) is 15.5 Å². The van der Waals surface area contributed by atoms with Crippen LogP contribution < -0.4 is 16.2 Å². The number of nitrogens with one attached hydrogen (secondary N) is 2. The van der Waals surface area contributed by atoms with Crippen LogP contribution in [-0.4, -0.2) is 20.3 Å². The minimum atomic E-state index is -4.06. The first-order valence-corrected chi connectivity index (χ1v) is 9.16. The van der Waals surface area contributed by atoms with Crippen molar-refractivity contribution in [3.05, 3.63) is 53.1 Å². The van der Waals surface area contributed by atoms with Crippen molar-refractivity contribution in [3.63, 3.8) is 0 Å². The molecule has 2 rings (SSSR count). The quantitative estimate of drug-likeness (QED) is 0.469. The number of carbonyl (C=O) groups excluding carboxylic acids is 1. The highest BCUT2D eigenvalue weighted by atomic mass is 35.5. The molecule has 6 N–H and O–H groups in total. The number of primary sulfonamides is 1. The van der Waals surface area contributed by atoms with Crippen molar-refractivity contribution in [2.75, 3.05) is 0 Å². The van der Waals surface area contributed by atoms with Gasteiger partial charge >= 0.3 is 0 Å². The van der Waals surface area contributed by atoms with Crippen LogP contribution in [0.5, 0.6) is 0 Å². The van der Waals surface area contributed by atoms with Gasteiger partial charge in [0.15, 0.2) is 5.96 Å². The molecule has 0 unspecified atom stereocenters. The van der Waals surface area contributed by atoms with Gasteiger partial charge in [0, 0.05) is 20.4 Å². The minimum absolute atomic E-state index is 0.0229. The molecule has 0 saturated heterocycles. The van der Waals surface area contributed by atoms with Gasteiger partial charge < -0.3 is 5.73 Å². The fourth-order valence-corrected chi connectivity index (χ4v) is 3.84. The Kier molecular flexibility index (Phi) is 5.50. The number of nitrogens with two attached hydrogens (primary N) is 2. The predicted molar refractivity (Wildman–Crippen MR) is 92.8 cm³/mol. The Morgan fingerprint density at radius 2 is 1.79 bits per heavy atom. The molecular formula is C14H13ClN4O3S2. The summed E-state index contributed by atoms with van der Waals surface area (Å²) in [6, 6.07) is 10.8. The van der Waals surface area contributed by atoms with E-state index in [2.05, 4.69) is 5.32 Å². The Hall–Kier alpha value is -2.07. The highest BCUT2D eigenvalue weighted by Gasteiger charge is 2.18.